The first-order valence-corrected chi connectivity index (χ1v) is 9.38. The molecule has 0 amide bonds. The zero-order chi connectivity index (χ0) is 11.9. The van der Waals surface area contributed by atoms with E-state index in [1.165, 1.54) is 0 Å². The van der Waals surface area contributed by atoms with E-state index in [0.717, 1.165) is 11.5 Å². The van der Waals surface area contributed by atoms with Gasteiger partial charge in [0.25, 0.3) is 0 Å². The Morgan fingerprint density at radius 3 is 1.47 bits per heavy atom. The van der Waals surface area contributed by atoms with Gasteiger partial charge in [0.15, 0.2) is 0 Å². The van der Waals surface area contributed by atoms with Gasteiger partial charge in [-0.15, -0.1) is 0 Å². The van der Waals surface area contributed by atoms with Crippen LogP contribution in [0, 0.1) is 0 Å². The van der Waals surface area contributed by atoms with Gasteiger partial charge < -0.3 is 0 Å². The first kappa shape index (κ1) is 12.3. The quantitative estimate of drug-likeness (QED) is 0.843. The predicted molar refractivity (Wildman–Crippen MR) is 66.9 cm³/mol. The van der Waals surface area contributed by atoms with E-state index in [1.54, 1.807) is 7.11 Å². The van der Waals surface area contributed by atoms with Crippen LogP contribution in [0.1, 0.15) is 0 Å². The summed E-state index contributed by atoms with van der Waals surface area (Å²) < 4.78 is 16.8. The maximum absolute atomic E-state index is 5.73. The normalized spacial score (nSPS) is 9.71. The molecule has 3 nitrogen and oxygen atoms in total. The van der Waals surface area contributed by atoms with Gasteiger partial charge in [0.05, 0.1) is 0 Å². The van der Waals surface area contributed by atoms with E-state index >= 15 is 0 Å². The summed E-state index contributed by atoms with van der Waals surface area (Å²) in [5.41, 5.74) is 0. The van der Waals surface area contributed by atoms with Crippen molar-refractivity contribution in [1.82, 2.24) is 0 Å². The van der Waals surface area contributed by atoms with Crippen molar-refractivity contribution in [3.8, 4) is 11.5 Å². The molecule has 2 rings (SSSR count). The molecule has 0 bridgehead atoms. The van der Waals surface area contributed by atoms with Gasteiger partial charge in [-0.25, -0.2) is 0 Å². The molecule has 0 fully saturated rings. The fourth-order valence-electron chi connectivity index (χ4n) is 1.34. The topological polar surface area (TPSA) is 27.7 Å². The molecule has 0 aliphatic carbocycles. The molecular weight excluding hydrogens is 319 g/mol. The molecule has 0 saturated heterocycles. The second kappa shape index (κ2) is 6.57. The van der Waals surface area contributed by atoms with Gasteiger partial charge in [-0.3, -0.25) is 0 Å². The van der Waals surface area contributed by atoms with Gasteiger partial charge in [0.1, 0.15) is 0 Å². The molecule has 0 aliphatic heterocycles. The number of para-hydroxylation sites is 2. The zero-order valence-corrected chi connectivity index (χ0v) is 12.9. The van der Waals surface area contributed by atoms with E-state index in [0.29, 0.717) is 0 Å². The summed E-state index contributed by atoms with van der Waals surface area (Å²) in [6.07, 6.45) is 0. The maximum atomic E-state index is 5.73. The molecule has 0 atom stereocenters. The van der Waals surface area contributed by atoms with Crippen LogP contribution in [0.2, 0.25) is 0 Å². The van der Waals surface area contributed by atoms with Gasteiger partial charge >= 0.3 is 111 Å². The van der Waals surface area contributed by atoms with E-state index in [1.807, 2.05) is 60.7 Å². The summed E-state index contributed by atoms with van der Waals surface area (Å²) in [7, 11) is 1.63. The molecule has 0 radical (unpaired) electrons. The Hall–Kier alpha value is -1.13. The fraction of sp³-hybridized carbons (Fsp3) is 0.0769. The monoisotopic (exact) mass is 332 g/mol. The molecule has 0 unspecified atom stereocenters. The SMILES string of the molecule is C[O][In]([O]c1ccccc1)[O]c1ccccc1. The van der Waals surface area contributed by atoms with Crippen LogP contribution in [0.3, 0.4) is 0 Å². The zero-order valence-electron chi connectivity index (χ0n) is 9.58. The van der Waals surface area contributed by atoms with Crippen LogP contribution >= 0.6 is 0 Å². The van der Waals surface area contributed by atoms with Gasteiger partial charge in [-0.05, 0) is 0 Å². The van der Waals surface area contributed by atoms with Crippen molar-refractivity contribution in [1.29, 1.82) is 0 Å². The Bertz CT molecular complexity index is 391. The molecule has 4 heteroatoms. The predicted octanol–water partition coefficient (Wildman–Crippen LogP) is 2.78. The van der Waals surface area contributed by atoms with Gasteiger partial charge in [0, 0.05) is 0 Å². The summed E-state index contributed by atoms with van der Waals surface area (Å²) >= 11 is -2.89. The van der Waals surface area contributed by atoms with Crippen LogP contribution in [0.25, 0.3) is 0 Å². The summed E-state index contributed by atoms with van der Waals surface area (Å²) in [6, 6.07) is 19.2. The Morgan fingerprint density at radius 2 is 1.12 bits per heavy atom. The minimum atomic E-state index is -2.89. The fourth-order valence-corrected chi connectivity index (χ4v) is 4.19. The molecule has 0 spiro atoms. The molecular formula is C13H13InO3. The van der Waals surface area contributed by atoms with Crippen LogP contribution in [0.4, 0.5) is 0 Å². The van der Waals surface area contributed by atoms with Gasteiger partial charge in [-0.1, -0.05) is 0 Å². The number of hydrogen-bond acceptors (Lipinski definition) is 3. The third-order valence-corrected chi connectivity index (χ3v) is 5.89. The van der Waals surface area contributed by atoms with Crippen LogP contribution in [-0.2, 0) is 2.85 Å². The summed E-state index contributed by atoms with van der Waals surface area (Å²) in [5.74, 6) is 1.59. The molecule has 2 aromatic rings. The Morgan fingerprint density at radius 1 is 0.706 bits per heavy atom. The van der Waals surface area contributed by atoms with Crippen molar-refractivity contribution >= 4 is 22.7 Å². The number of hydrogen-bond donors (Lipinski definition) is 0. The van der Waals surface area contributed by atoms with Crippen molar-refractivity contribution in [2.24, 2.45) is 0 Å². The molecule has 0 aliphatic rings. The van der Waals surface area contributed by atoms with Crippen molar-refractivity contribution in [3.63, 3.8) is 0 Å². The molecule has 0 saturated carbocycles. The van der Waals surface area contributed by atoms with Crippen LogP contribution in [-0.4, -0.2) is 29.9 Å². The Balaban J connectivity index is 1.98. The Labute approximate surface area is 110 Å². The van der Waals surface area contributed by atoms with Crippen molar-refractivity contribution < 1.29 is 8.56 Å². The minimum absolute atomic E-state index is 0.797. The average Bonchev–Trinajstić information content (AvgIpc) is 2.40. The summed E-state index contributed by atoms with van der Waals surface area (Å²) in [6.45, 7) is 0. The van der Waals surface area contributed by atoms with E-state index in [9.17, 15) is 0 Å². The van der Waals surface area contributed by atoms with E-state index in [2.05, 4.69) is 0 Å². The van der Waals surface area contributed by atoms with Crippen molar-refractivity contribution in [2.75, 3.05) is 7.11 Å². The molecule has 0 aromatic heterocycles. The van der Waals surface area contributed by atoms with Gasteiger partial charge in [-0.2, -0.15) is 0 Å². The Kier molecular flexibility index (Phi) is 4.76. The summed E-state index contributed by atoms with van der Waals surface area (Å²) in [4.78, 5) is 0. The average molecular weight is 332 g/mol. The first-order chi connectivity index (χ1) is 8.38. The van der Waals surface area contributed by atoms with Crippen molar-refractivity contribution in [2.45, 2.75) is 0 Å². The van der Waals surface area contributed by atoms with Crippen LogP contribution in [0.5, 0.6) is 11.5 Å². The van der Waals surface area contributed by atoms with Gasteiger partial charge in [0.2, 0.25) is 0 Å². The number of rotatable bonds is 5. The molecule has 86 valence electrons. The van der Waals surface area contributed by atoms with E-state index in [-0.39, 0.29) is 0 Å². The molecule has 0 N–H and O–H groups in total. The first-order valence-electron chi connectivity index (χ1n) is 5.34. The standard InChI is InChI=1S/2C6H6O.CH3O.In/c2*7-6-4-2-1-3-5-6;1-2;/h2*1-5,7H;1H3;/q;;-1;+3/p-2. The van der Waals surface area contributed by atoms with Crippen LogP contribution < -0.4 is 5.71 Å². The molecule has 2 aromatic carbocycles. The second-order valence-electron chi connectivity index (χ2n) is 3.39. The van der Waals surface area contributed by atoms with Crippen molar-refractivity contribution in [3.05, 3.63) is 60.7 Å². The third kappa shape index (κ3) is 3.98. The molecule has 0 heterocycles. The third-order valence-electron chi connectivity index (χ3n) is 2.14. The van der Waals surface area contributed by atoms with E-state index < -0.39 is 22.7 Å². The summed E-state index contributed by atoms with van der Waals surface area (Å²) in [5, 5.41) is 0. The van der Waals surface area contributed by atoms with E-state index in [4.69, 9.17) is 8.56 Å². The number of benzene rings is 2. The van der Waals surface area contributed by atoms with Crippen LogP contribution in [0.15, 0.2) is 60.7 Å². The molecule has 17 heavy (non-hydrogen) atoms. The second-order valence-corrected chi connectivity index (χ2v) is 7.72.